The number of fused-ring (bicyclic) bond motifs is 1. The van der Waals surface area contributed by atoms with Crippen LogP contribution in [0.25, 0.3) is 0 Å². The summed E-state index contributed by atoms with van der Waals surface area (Å²) in [6.07, 6.45) is 0. The highest BCUT2D eigenvalue weighted by Gasteiger charge is 2.18. The zero-order valence-corrected chi connectivity index (χ0v) is 19.1. The Balaban J connectivity index is 1.33. The van der Waals surface area contributed by atoms with Crippen LogP contribution < -0.4 is 25.4 Å². The number of carbonyl (C=O) groups excluding carboxylic acids is 1. The molecule has 2 aromatic carbocycles. The molecule has 1 aromatic heterocycles. The molecule has 168 valence electrons. The van der Waals surface area contributed by atoms with E-state index >= 15 is 0 Å². The molecule has 0 saturated carbocycles. The largest absolute Gasteiger partial charge is 0.486 e. The normalized spacial score (nSPS) is 12.5. The number of nitrogen functional groups attached to an aromatic ring is 1. The van der Waals surface area contributed by atoms with Gasteiger partial charge < -0.3 is 25.4 Å². The molecular weight excluding hydrogens is 454 g/mol. The number of anilines is 1. The number of nitrogens with zero attached hydrogens (tertiary/aromatic N) is 3. The molecule has 0 aliphatic carbocycles. The van der Waals surface area contributed by atoms with Gasteiger partial charge >= 0.3 is 0 Å². The van der Waals surface area contributed by atoms with E-state index in [0.29, 0.717) is 46.4 Å². The summed E-state index contributed by atoms with van der Waals surface area (Å²) in [5, 5.41) is 11.6. The highest BCUT2D eigenvalue weighted by molar-refractivity contribution is 7.99. The van der Waals surface area contributed by atoms with Gasteiger partial charge in [-0.25, -0.2) is 4.68 Å². The van der Waals surface area contributed by atoms with Crippen molar-refractivity contribution in [2.45, 2.75) is 25.6 Å². The summed E-state index contributed by atoms with van der Waals surface area (Å²) < 4.78 is 18.1. The third-order valence-corrected chi connectivity index (χ3v) is 5.79. The zero-order chi connectivity index (χ0) is 22.7. The Morgan fingerprint density at radius 3 is 2.56 bits per heavy atom. The summed E-state index contributed by atoms with van der Waals surface area (Å²) in [6, 6.07) is 9.21. The fourth-order valence-electron chi connectivity index (χ4n) is 3.14. The van der Waals surface area contributed by atoms with E-state index in [9.17, 15) is 4.79 Å². The van der Waals surface area contributed by atoms with Crippen LogP contribution in [0.4, 0.5) is 5.69 Å². The molecule has 11 heteroatoms. The van der Waals surface area contributed by atoms with Crippen molar-refractivity contribution in [1.29, 1.82) is 0 Å². The van der Waals surface area contributed by atoms with Gasteiger partial charge in [0, 0.05) is 12.1 Å². The fourth-order valence-corrected chi connectivity index (χ4v) is 4.02. The predicted molar refractivity (Wildman–Crippen MR) is 122 cm³/mol. The Bertz CT molecular complexity index is 1130. The molecule has 0 bridgehead atoms. The number of aromatic nitrogens is 3. The highest BCUT2D eigenvalue weighted by Crippen LogP contribution is 2.38. The molecule has 0 fully saturated rings. The standard InChI is InChI=1S/C21H22ClN5O4S/c1-12-5-13(2)7-14(6-12)31-10-19-25-26-21(27(19)23)32-11-20(28)24-16-9-18-17(8-15(16)22)29-3-4-30-18/h5-9H,3-4,10-11,23H2,1-2H3,(H,24,28). The van der Waals surface area contributed by atoms with E-state index in [1.165, 1.54) is 4.68 Å². The van der Waals surface area contributed by atoms with Gasteiger partial charge in [0.25, 0.3) is 0 Å². The molecule has 1 aliphatic heterocycles. The molecule has 0 saturated heterocycles. The van der Waals surface area contributed by atoms with Gasteiger partial charge in [0.1, 0.15) is 25.6 Å². The van der Waals surface area contributed by atoms with Gasteiger partial charge in [-0.2, -0.15) is 0 Å². The molecule has 4 rings (SSSR count). The van der Waals surface area contributed by atoms with E-state index in [1.807, 2.05) is 26.0 Å². The number of ether oxygens (including phenoxy) is 3. The van der Waals surface area contributed by atoms with E-state index in [4.69, 9.17) is 31.7 Å². The Morgan fingerprint density at radius 1 is 1.16 bits per heavy atom. The van der Waals surface area contributed by atoms with Gasteiger partial charge in [-0.15, -0.1) is 10.2 Å². The Hall–Kier alpha value is -3.11. The Morgan fingerprint density at radius 2 is 1.84 bits per heavy atom. The van der Waals surface area contributed by atoms with Crippen molar-refractivity contribution < 1.29 is 19.0 Å². The maximum Gasteiger partial charge on any atom is 0.234 e. The van der Waals surface area contributed by atoms with Gasteiger partial charge in [0.15, 0.2) is 17.3 Å². The average Bonchev–Trinajstić information content (AvgIpc) is 3.10. The molecule has 1 aliphatic rings. The zero-order valence-electron chi connectivity index (χ0n) is 17.6. The van der Waals surface area contributed by atoms with Crippen molar-refractivity contribution in [2.75, 3.05) is 30.1 Å². The molecule has 1 amide bonds. The van der Waals surface area contributed by atoms with Crippen LogP contribution in [0.5, 0.6) is 17.2 Å². The van der Waals surface area contributed by atoms with E-state index in [2.05, 4.69) is 21.6 Å². The second-order valence-electron chi connectivity index (χ2n) is 7.19. The number of hydrogen-bond acceptors (Lipinski definition) is 8. The third kappa shape index (κ3) is 5.20. The average molecular weight is 476 g/mol. The monoisotopic (exact) mass is 475 g/mol. The number of hydrogen-bond donors (Lipinski definition) is 2. The third-order valence-electron chi connectivity index (χ3n) is 4.54. The van der Waals surface area contributed by atoms with Crippen LogP contribution >= 0.6 is 23.4 Å². The molecule has 0 radical (unpaired) electrons. The first kappa shape index (κ1) is 22.1. The molecular formula is C21H22ClN5O4S. The van der Waals surface area contributed by atoms with Crippen LogP contribution in [-0.4, -0.2) is 39.7 Å². The van der Waals surface area contributed by atoms with Crippen molar-refractivity contribution in [3.8, 4) is 17.2 Å². The molecule has 2 heterocycles. The smallest absolute Gasteiger partial charge is 0.234 e. The minimum atomic E-state index is -0.274. The lowest BCUT2D eigenvalue weighted by Gasteiger charge is -2.20. The molecule has 0 atom stereocenters. The first-order valence-corrected chi connectivity index (χ1v) is 11.2. The first-order chi connectivity index (χ1) is 15.4. The van der Waals surface area contributed by atoms with Crippen molar-refractivity contribution in [3.05, 3.63) is 52.3 Å². The van der Waals surface area contributed by atoms with Crippen molar-refractivity contribution >= 4 is 35.0 Å². The summed E-state index contributed by atoms with van der Waals surface area (Å²) in [5.41, 5.74) is 2.66. The molecule has 9 nitrogen and oxygen atoms in total. The number of nitrogens with one attached hydrogen (secondary N) is 1. The van der Waals surface area contributed by atoms with Crippen molar-refractivity contribution in [3.63, 3.8) is 0 Å². The SMILES string of the molecule is Cc1cc(C)cc(OCc2nnc(SCC(=O)Nc3cc4c(cc3Cl)OCCO4)n2N)c1. The maximum absolute atomic E-state index is 12.4. The lowest BCUT2D eigenvalue weighted by atomic mass is 10.1. The van der Waals surface area contributed by atoms with E-state index in [0.717, 1.165) is 28.6 Å². The highest BCUT2D eigenvalue weighted by atomic mass is 35.5. The number of amides is 1. The fraction of sp³-hybridized carbons (Fsp3) is 0.286. The lowest BCUT2D eigenvalue weighted by molar-refractivity contribution is -0.113. The van der Waals surface area contributed by atoms with Crippen LogP contribution in [0.3, 0.4) is 0 Å². The number of halogens is 1. The summed E-state index contributed by atoms with van der Waals surface area (Å²) in [6.45, 7) is 5.07. The van der Waals surface area contributed by atoms with Gasteiger partial charge in [-0.05, 0) is 37.1 Å². The van der Waals surface area contributed by atoms with Crippen molar-refractivity contribution in [1.82, 2.24) is 14.9 Å². The molecule has 3 aromatic rings. The molecule has 32 heavy (non-hydrogen) atoms. The predicted octanol–water partition coefficient (Wildman–Crippen LogP) is 3.34. The summed E-state index contributed by atoms with van der Waals surface area (Å²) >= 11 is 7.39. The Kier molecular flexibility index (Phi) is 6.61. The minimum Gasteiger partial charge on any atom is -0.486 e. The topological polar surface area (TPSA) is 114 Å². The van der Waals surface area contributed by atoms with Crippen LogP contribution in [0, 0.1) is 13.8 Å². The molecule has 0 unspecified atom stereocenters. The summed E-state index contributed by atoms with van der Waals surface area (Å²) in [7, 11) is 0. The summed E-state index contributed by atoms with van der Waals surface area (Å²) in [4.78, 5) is 12.4. The number of benzene rings is 2. The minimum absolute atomic E-state index is 0.0675. The number of thioether (sulfide) groups is 1. The number of nitrogens with two attached hydrogens (primary N) is 1. The number of carbonyl (C=O) groups is 1. The van der Waals surface area contributed by atoms with Crippen molar-refractivity contribution in [2.24, 2.45) is 0 Å². The van der Waals surface area contributed by atoms with Gasteiger partial charge in [-0.3, -0.25) is 4.79 Å². The van der Waals surface area contributed by atoms with E-state index in [-0.39, 0.29) is 18.3 Å². The van der Waals surface area contributed by atoms with Crippen LogP contribution in [-0.2, 0) is 11.4 Å². The van der Waals surface area contributed by atoms with E-state index in [1.54, 1.807) is 12.1 Å². The van der Waals surface area contributed by atoms with Gasteiger partial charge in [0.2, 0.25) is 11.1 Å². The van der Waals surface area contributed by atoms with E-state index < -0.39 is 0 Å². The lowest BCUT2D eigenvalue weighted by Crippen LogP contribution is -2.19. The first-order valence-electron chi connectivity index (χ1n) is 9.81. The van der Waals surface area contributed by atoms with Gasteiger partial charge in [0.05, 0.1) is 16.5 Å². The van der Waals surface area contributed by atoms with Gasteiger partial charge in [-0.1, -0.05) is 29.4 Å². The molecule has 0 spiro atoms. The molecule has 3 N–H and O–H groups in total. The summed E-state index contributed by atoms with van der Waals surface area (Å²) in [5.74, 6) is 8.14. The van der Waals surface area contributed by atoms with Crippen LogP contribution in [0.1, 0.15) is 17.0 Å². The second-order valence-corrected chi connectivity index (χ2v) is 8.54. The second kappa shape index (κ2) is 9.58. The Labute approximate surface area is 194 Å². The van der Waals surface area contributed by atoms with Crippen LogP contribution in [0.15, 0.2) is 35.5 Å². The maximum atomic E-state index is 12.4. The van der Waals surface area contributed by atoms with Crippen LogP contribution in [0.2, 0.25) is 5.02 Å². The number of rotatable bonds is 7. The number of aryl methyl sites for hydroxylation is 2. The quantitative estimate of drug-likeness (QED) is 0.395.